The molecule has 3 aromatic rings. The van der Waals surface area contributed by atoms with Crippen molar-refractivity contribution in [3.05, 3.63) is 66.4 Å². The number of hydrogen-bond donors (Lipinski definition) is 2. The number of para-hydroxylation sites is 2. The van der Waals surface area contributed by atoms with Crippen LogP contribution in [0.2, 0.25) is 0 Å². The van der Waals surface area contributed by atoms with Gasteiger partial charge in [-0.1, -0.05) is 36.4 Å². The fourth-order valence-electron chi connectivity index (χ4n) is 1.92. The SMILES string of the molecule is Cc1ccccc1Nc1cnnc(Nc2ccccc2)n1. The smallest absolute Gasteiger partial charge is 0.249 e. The molecule has 5 heteroatoms. The van der Waals surface area contributed by atoms with Crippen molar-refractivity contribution < 1.29 is 0 Å². The Hall–Kier alpha value is -2.95. The highest BCUT2D eigenvalue weighted by Crippen LogP contribution is 2.19. The summed E-state index contributed by atoms with van der Waals surface area (Å²) < 4.78 is 0. The van der Waals surface area contributed by atoms with Crippen molar-refractivity contribution in [2.45, 2.75) is 6.92 Å². The van der Waals surface area contributed by atoms with Crippen LogP contribution >= 0.6 is 0 Å². The average molecular weight is 277 g/mol. The summed E-state index contributed by atoms with van der Waals surface area (Å²) >= 11 is 0. The lowest BCUT2D eigenvalue weighted by Gasteiger charge is -2.09. The molecule has 0 saturated heterocycles. The quantitative estimate of drug-likeness (QED) is 0.762. The number of benzene rings is 2. The van der Waals surface area contributed by atoms with Crippen LogP contribution in [0, 0.1) is 6.92 Å². The number of nitrogens with zero attached hydrogens (tertiary/aromatic N) is 3. The van der Waals surface area contributed by atoms with Crippen LogP contribution in [0.4, 0.5) is 23.1 Å². The lowest BCUT2D eigenvalue weighted by Crippen LogP contribution is -2.02. The van der Waals surface area contributed by atoms with Gasteiger partial charge in [0.1, 0.15) is 0 Å². The molecule has 0 amide bonds. The summed E-state index contributed by atoms with van der Waals surface area (Å²) in [6.07, 6.45) is 1.60. The monoisotopic (exact) mass is 277 g/mol. The molecule has 0 atom stereocenters. The summed E-state index contributed by atoms with van der Waals surface area (Å²) in [7, 11) is 0. The molecule has 0 spiro atoms. The van der Waals surface area contributed by atoms with Crippen molar-refractivity contribution in [1.82, 2.24) is 15.2 Å². The number of aromatic nitrogens is 3. The Morgan fingerprint density at radius 1 is 0.857 bits per heavy atom. The van der Waals surface area contributed by atoms with Crippen LogP contribution in [-0.4, -0.2) is 15.2 Å². The van der Waals surface area contributed by atoms with E-state index in [1.165, 1.54) is 0 Å². The van der Waals surface area contributed by atoms with Crippen molar-refractivity contribution in [3.8, 4) is 0 Å². The molecular weight excluding hydrogens is 262 g/mol. The topological polar surface area (TPSA) is 62.7 Å². The largest absolute Gasteiger partial charge is 0.339 e. The lowest BCUT2D eigenvalue weighted by atomic mass is 10.2. The van der Waals surface area contributed by atoms with Crippen LogP contribution in [0.25, 0.3) is 0 Å². The lowest BCUT2D eigenvalue weighted by molar-refractivity contribution is 0.982. The highest BCUT2D eigenvalue weighted by Gasteiger charge is 2.03. The van der Waals surface area contributed by atoms with Crippen molar-refractivity contribution in [2.75, 3.05) is 10.6 Å². The minimum Gasteiger partial charge on any atom is -0.339 e. The highest BCUT2D eigenvalue weighted by molar-refractivity contribution is 5.61. The van der Waals surface area contributed by atoms with E-state index in [9.17, 15) is 0 Å². The first-order chi connectivity index (χ1) is 10.3. The maximum Gasteiger partial charge on any atom is 0.249 e. The summed E-state index contributed by atoms with van der Waals surface area (Å²) in [6.45, 7) is 2.04. The third-order valence-corrected chi connectivity index (χ3v) is 3.00. The van der Waals surface area contributed by atoms with Crippen molar-refractivity contribution in [3.63, 3.8) is 0 Å². The molecular formula is C16H15N5. The van der Waals surface area contributed by atoms with E-state index in [1.54, 1.807) is 6.20 Å². The number of aryl methyl sites for hydroxylation is 1. The van der Waals surface area contributed by atoms with Crippen LogP contribution in [0.3, 0.4) is 0 Å². The van der Waals surface area contributed by atoms with Crippen LogP contribution in [0.15, 0.2) is 60.8 Å². The van der Waals surface area contributed by atoms with Crippen molar-refractivity contribution in [1.29, 1.82) is 0 Å². The third-order valence-electron chi connectivity index (χ3n) is 3.00. The van der Waals surface area contributed by atoms with E-state index >= 15 is 0 Å². The van der Waals surface area contributed by atoms with Gasteiger partial charge in [-0.3, -0.25) is 0 Å². The Labute approximate surface area is 123 Å². The molecule has 0 aliphatic heterocycles. The molecule has 0 radical (unpaired) electrons. The molecule has 0 bridgehead atoms. The van der Waals surface area contributed by atoms with E-state index in [0.717, 1.165) is 16.9 Å². The molecule has 1 heterocycles. The Bertz CT molecular complexity index is 727. The first-order valence-electron chi connectivity index (χ1n) is 6.66. The van der Waals surface area contributed by atoms with E-state index in [1.807, 2.05) is 61.5 Å². The van der Waals surface area contributed by atoms with Gasteiger partial charge in [-0.15, -0.1) is 5.10 Å². The number of anilines is 4. The third kappa shape index (κ3) is 3.33. The second-order valence-corrected chi connectivity index (χ2v) is 4.60. The number of rotatable bonds is 4. The Morgan fingerprint density at radius 3 is 2.43 bits per heavy atom. The predicted molar refractivity (Wildman–Crippen MR) is 84.0 cm³/mol. The summed E-state index contributed by atoms with van der Waals surface area (Å²) in [5, 5.41) is 14.3. The van der Waals surface area contributed by atoms with Gasteiger partial charge in [0.05, 0.1) is 6.20 Å². The maximum absolute atomic E-state index is 4.41. The molecule has 0 unspecified atom stereocenters. The highest BCUT2D eigenvalue weighted by atomic mass is 15.3. The summed E-state index contributed by atoms with van der Waals surface area (Å²) in [4.78, 5) is 4.41. The van der Waals surface area contributed by atoms with Gasteiger partial charge in [-0.25, -0.2) is 0 Å². The molecule has 21 heavy (non-hydrogen) atoms. The summed E-state index contributed by atoms with van der Waals surface area (Å²) in [6, 6.07) is 17.8. The maximum atomic E-state index is 4.41. The molecule has 104 valence electrons. The molecule has 0 saturated carbocycles. The van der Waals surface area contributed by atoms with Gasteiger partial charge in [0.2, 0.25) is 5.95 Å². The normalized spacial score (nSPS) is 10.1. The van der Waals surface area contributed by atoms with Gasteiger partial charge >= 0.3 is 0 Å². The fourth-order valence-corrected chi connectivity index (χ4v) is 1.92. The second kappa shape index (κ2) is 6.00. The van der Waals surface area contributed by atoms with E-state index in [0.29, 0.717) is 11.8 Å². The fraction of sp³-hybridized carbons (Fsp3) is 0.0625. The second-order valence-electron chi connectivity index (χ2n) is 4.60. The van der Waals surface area contributed by atoms with Gasteiger partial charge in [0.25, 0.3) is 0 Å². The minimum atomic E-state index is 0.458. The first kappa shape index (κ1) is 13.1. The molecule has 0 fully saturated rings. The molecule has 2 aromatic carbocycles. The molecule has 1 aromatic heterocycles. The van der Waals surface area contributed by atoms with E-state index in [2.05, 4.69) is 25.8 Å². The van der Waals surface area contributed by atoms with Crippen molar-refractivity contribution >= 4 is 23.1 Å². The number of hydrogen-bond acceptors (Lipinski definition) is 5. The zero-order chi connectivity index (χ0) is 14.5. The van der Waals surface area contributed by atoms with Crippen LogP contribution in [0.5, 0.6) is 0 Å². The summed E-state index contributed by atoms with van der Waals surface area (Å²) in [5.74, 6) is 1.11. The van der Waals surface area contributed by atoms with Crippen LogP contribution < -0.4 is 10.6 Å². The Balaban J connectivity index is 1.79. The molecule has 3 rings (SSSR count). The predicted octanol–water partition coefficient (Wildman–Crippen LogP) is 3.67. The Morgan fingerprint density at radius 2 is 1.62 bits per heavy atom. The van der Waals surface area contributed by atoms with Gasteiger partial charge in [0.15, 0.2) is 5.82 Å². The first-order valence-corrected chi connectivity index (χ1v) is 6.66. The Kier molecular flexibility index (Phi) is 3.73. The molecule has 2 N–H and O–H groups in total. The average Bonchev–Trinajstić information content (AvgIpc) is 2.51. The van der Waals surface area contributed by atoms with Gasteiger partial charge in [-0.2, -0.15) is 10.1 Å². The standard InChI is InChI=1S/C16H15N5/c1-12-7-5-6-10-14(12)19-15-11-17-21-16(20-15)18-13-8-3-2-4-9-13/h2-11H,1H3,(H2,18,19,20,21). The van der Waals surface area contributed by atoms with Crippen molar-refractivity contribution in [2.24, 2.45) is 0 Å². The van der Waals surface area contributed by atoms with Crippen LogP contribution in [-0.2, 0) is 0 Å². The van der Waals surface area contributed by atoms with Gasteiger partial charge < -0.3 is 10.6 Å². The summed E-state index contributed by atoms with van der Waals surface area (Å²) in [5.41, 5.74) is 3.07. The molecule has 0 aliphatic rings. The van der Waals surface area contributed by atoms with E-state index in [4.69, 9.17) is 0 Å². The van der Waals surface area contributed by atoms with Gasteiger partial charge in [-0.05, 0) is 30.7 Å². The van der Waals surface area contributed by atoms with E-state index < -0.39 is 0 Å². The molecule has 0 aliphatic carbocycles. The van der Waals surface area contributed by atoms with E-state index in [-0.39, 0.29) is 0 Å². The van der Waals surface area contributed by atoms with Gasteiger partial charge in [0, 0.05) is 11.4 Å². The minimum absolute atomic E-state index is 0.458. The zero-order valence-corrected chi connectivity index (χ0v) is 11.6. The zero-order valence-electron chi connectivity index (χ0n) is 11.6. The molecule has 5 nitrogen and oxygen atoms in total. The van der Waals surface area contributed by atoms with Crippen LogP contribution in [0.1, 0.15) is 5.56 Å². The number of nitrogens with one attached hydrogen (secondary N) is 2.